The number of hydrogen-bond donors (Lipinski definition) is 2. The molecule has 0 spiro atoms. The Morgan fingerprint density at radius 1 is 1.04 bits per heavy atom. The van der Waals surface area contributed by atoms with Gasteiger partial charge in [-0.15, -0.1) is 0 Å². The van der Waals surface area contributed by atoms with E-state index in [1.54, 1.807) is 14.2 Å². The quantitative estimate of drug-likeness (QED) is 0.700. The minimum absolute atomic E-state index is 0.600. The molecule has 2 aromatic carbocycles. The van der Waals surface area contributed by atoms with Gasteiger partial charge in [0, 0.05) is 34.9 Å². The minimum atomic E-state index is 0.600. The number of nitrogens with one attached hydrogen (secondary N) is 1. The average Bonchev–Trinajstić information content (AvgIpc) is 2.58. The van der Waals surface area contributed by atoms with Gasteiger partial charge in [0.15, 0.2) is 0 Å². The molecule has 0 saturated heterocycles. The zero-order chi connectivity index (χ0) is 17.1. The second kappa shape index (κ2) is 6.66. The van der Waals surface area contributed by atoms with Crippen LogP contribution in [0.25, 0.3) is 10.8 Å². The first-order valence-corrected chi connectivity index (χ1v) is 7.72. The molecule has 3 rings (SSSR count). The molecule has 0 atom stereocenters. The van der Waals surface area contributed by atoms with Gasteiger partial charge in [-0.3, -0.25) is 0 Å². The van der Waals surface area contributed by atoms with Gasteiger partial charge in [0.1, 0.15) is 17.3 Å². The van der Waals surface area contributed by atoms with Crippen molar-refractivity contribution in [1.29, 1.82) is 0 Å². The van der Waals surface area contributed by atoms with Gasteiger partial charge in [0.2, 0.25) is 0 Å². The number of anilines is 2. The molecule has 24 heavy (non-hydrogen) atoms. The Labute approximate surface area is 141 Å². The van der Waals surface area contributed by atoms with Crippen LogP contribution in [0.4, 0.5) is 11.5 Å². The van der Waals surface area contributed by atoms with Crippen molar-refractivity contribution in [3.05, 3.63) is 53.7 Å². The Hall–Kier alpha value is -2.95. The highest BCUT2D eigenvalue weighted by Gasteiger charge is 2.08. The molecule has 0 unspecified atom stereocenters. The van der Waals surface area contributed by atoms with Gasteiger partial charge in [-0.2, -0.15) is 0 Å². The van der Waals surface area contributed by atoms with E-state index >= 15 is 0 Å². The summed E-state index contributed by atoms with van der Waals surface area (Å²) in [6.07, 6.45) is 0. The van der Waals surface area contributed by atoms with E-state index in [9.17, 15) is 0 Å². The lowest BCUT2D eigenvalue weighted by atomic mass is 10.1. The molecule has 5 nitrogen and oxygen atoms in total. The molecule has 0 fully saturated rings. The van der Waals surface area contributed by atoms with Crippen molar-refractivity contribution in [3.8, 4) is 11.5 Å². The summed E-state index contributed by atoms with van der Waals surface area (Å²) in [4.78, 5) is 4.62. The molecule has 0 aliphatic carbocycles. The van der Waals surface area contributed by atoms with Crippen molar-refractivity contribution >= 4 is 22.3 Å². The summed E-state index contributed by atoms with van der Waals surface area (Å²) in [5, 5.41) is 5.52. The van der Waals surface area contributed by atoms with Crippen LogP contribution in [0.1, 0.15) is 11.3 Å². The van der Waals surface area contributed by atoms with Crippen LogP contribution in [0.15, 0.2) is 42.5 Å². The van der Waals surface area contributed by atoms with Crippen molar-refractivity contribution in [3.63, 3.8) is 0 Å². The summed E-state index contributed by atoms with van der Waals surface area (Å²) in [5.74, 6) is 2.39. The number of nitrogens with zero attached hydrogens (tertiary/aromatic N) is 1. The molecule has 0 amide bonds. The second-order valence-corrected chi connectivity index (χ2v) is 5.62. The number of ether oxygens (including phenoxy) is 2. The molecule has 3 N–H and O–H groups in total. The van der Waals surface area contributed by atoms with Crippen LogP contribution in [-0.4, -0.2) is 19.2 Å². The van der Waals surface area contributed by atoms with Crippen LogP contribution in [0.3, 0.4) is 0 Å². The Morgan fingerprint density at radius 2 is 1.88 bits per heavy atom. The second-order valence-electron chi connectivity index (χ2n) is 5.62. The highest BCUT2D eigenvalue weighted by Crippen LogP contribution is 2.28. The lowest BCUT2D eigenvalue weighted by molar-refractivity contribution is 0.391. The zero-order valence-electron chi connectivity index (χ0n) is 14.1. The van der Waals surface area contributed by atoms with Gasteiger partial charge in [-0.05, 0) is 48.7 Å². The van der Waals surface area contributed by atoms with Gasteiger partial charge in [0.05, 0.1) is 14.2 Å². The fraction of sp³-hybridized carbons (Fsp3) is 0.211. The fourth-order valence-electron chi connectivity index (χ4n) is 2.72. The van der Waals surface area contributed by atoms with E-state index in [1.165, 1.54) is 0 Å². The zero-order valence-corrected chi connectivity index (χ0v) is 14.1. The molecular weight excluding hydrogens is 302 g/mol. The van der Waals surface area contributed by atoms with E-state index in [0.29, 0.717) is 6.54 Å². The Morgan fingerprint density at radius 3 is 2.62 bits per heavy atom. The average molecular weight is 323 g/mol. The van der Waals surface area contributed by atoms with Gasteiger partial charge in [0.25, 0.3) is 0 Å². The summed E-state index contributed by atoms with van der Waals surface area (Å²) < 4.78 is 10.7. The number of aryl methyl sites for hydroxylation is 1. The van der Waals surface area contributed by atoms with Crippen LogP contribution in [0, 0.1) is 6.92 Å². The predicted molar refractivity (Wildman–Crippen MR) is 97.8 cm³/mol. The lowest BCUT2D eigenvalue weighted by Gasteiger charge is -2.13. The number of fused-ring (bicyclic) bond motifs is 1. The minimum Gasteiger partial charge on any atom is -0.497 e. The number of methoxy groups -OCH3 is 2. The van der Waals surface area contributed by atoms with Gasteiger partial charge >= 0.3 is 0 Å². The molecule has 124 valence electrons. The van der Waals surface area contributed by atoms with Gasteiger partial charge in [-0.25, -0.2) is 4.98 Å². The summed E-state index contributed by atoms with van der Waals surface area (Å²) in [6, 6.07) is 13.7. The van der Waals surface area contributed by atoms with E-state index in [1.807, 2.05) is 49.4 Å². The topological polar surface area (TPSA) is 69.4 Å². The molecule has 1 heterocycles. The maximum atomic E-state index is 5.89. The number of benzene rings is 2. The highest BCUT2D eigenvalue weighted by atomic mass is 16.5. The highest BCUT2D eigenvalue weighted by molar-refractivity contribution is 5.94. The number of nitrogen functional groups attached to an aromatic ring is 1. The number of hydrogen-bond acceptors (Lipinski definition) is 5. The van der Waals surface area contributed by atoms with Crippen LogP contribution < -0.4 is 20.5 Å². The smallest absolute Gasteiger partial charge is 0.134 e. The Kier molecular flexibility index (Phi) is 4.42. The number of rotatable bonds is 5. The third kappa shape index (κ3) is 3.20. The van der Waals surface area contributed by atoms with Crippen molar-refractivity contribution in [2.24, 2.45) is 0 Å². The van der Waals surface area contributed by atoms with Crippen molar-refractivity contribution < 1.29 is 9.47 Å². The van der Waals surface area contributed by atoms with Gasteiger partial charge in [-0.1, -0.05) is 0 Å². The van der Waals surface area contributed by atoms with E-state index in [0.717, 1.165) is 45.0 Å². The third-order valence-electron chi connectivity index (χ3n) is 3.92. The van der Waals surface area contributed by atoms with Crippen LogP contribution in [0.2, 0.25) is 0 Å². The normalized spacial score (nSPS) is 10.6. The van der Waals surface area contributed by atoms with Crippen LogP contribution >= 0.6 is 0 Å². The molecule has 5 heteroatoms. The molecule has 1 aromatic heterocycles. The predicted octanol–water partition coefficient (Wildman–Crippen LogP) is 3.75. The van der Waals surface area contributed by atoms with E-state index in [2.05, 4.69) is 10.3 Å². The molecular formula is C19H21N3O2. The number of pyridine rings is 1. The summed E-state index contributed by atoms with van der Waals surface area (Å²) >= 11 is 0. The molecule has 0 saturated carbocycles. The van der Waals surface area contributed by atoms with E-state index < -0.39 is 0 Å². The van der Waals surface area contributed by atoms with Crippen molar-refractivity contribution in [2.75, 3.05) is 25.3 Å². The molecule has 3 aromatic rings. The molecule has 0 aliphatic rings. The SMILES string of the molecule is COc1ccc(CNc2nc(C)cc3cc(N)ccc23)c(OC)c1. The first kappa shape index (κ1) is 15.9. The number of nitrogens with two attached hydrogens (primary N) is 1. The molecule has 0 aliphatic heterocycles. The first-order valence-electron chi connectivity index (χ1n) is 7.72. The van der Waals surface area contributed by atoms with Crippen LogP contribution in [0.5, 0.6) is 11.5 Å². The largest absolute Gasteiger partial charge is 0.497 e. The first-order chi connectivity index (χ1) is 11.6. The molecule has 0 radical (unpaired) electrons. The van der Waals surface area contributed by atoms with E-state index in [-0.39, 0.29) is 0 Å². The third-order valence-corrected chi connectivity index (χ3v) is 3.92. The van der Waals surface area contributed by atoms with Crippen LogP contribution in [-0.2, 0) is 6.54 Å². The number of aromatic nitrogens is 1. The van der Waals surface area contributed by atoms with Crippen molar-refractivity contribution in [2.45, 2.75) is 13.5 Å². The van der Waals surface area contributed by atoms with Crippen molar-refractivity contribution in [1.82, 2.24) is 4.98 Å². The monoisotopic (exact) mass is 323 g/mol. The molecule has 0 bridgehead atoms. The summed E-state index contributed by atoms with van der Waals surface area (Å²) in [6.45, 7) is 2.57. The fourth-order valence-corrected chi connectivity index (χ4v) is 2.72. The van der Waals surface area contributed by atoms with E-state index in [4.69, 9.17) is 15.2 Å². The summed E-state index contributed by atoms with van der Waals surface area (Å²) in [7, 11) is 3.29. The van der Waals surface area contributed by atoms with Gasteiger partial charge < -0.3 is 20.5 Å². The Balaban J connectivity index is 1.91. The Bertz CT molecular complexity index is 873. The summed E-state index contributed by atoms with van der Waals surface area (Å²) in [5.41, 5.74) is 8.61. The lowest BCUT2D eigenvalue weighted by Crippen LogP contribution is -2.05. The maximum absolute atomic E-state index is 5.89. The standard InChI is InChI=1S/C19H21N3O2/c1-12-8-14-9-15(20)5-7-17(14)19(22-12)21-11-13-4-6-16(23-2)10-18(13)24-3/h4-10H,11,20H2,1-3H3,(H,21,22). The maximum Gasteiger partial charge on any atom is 0.134 e.